The van der Waals surface area contributed by atoms with Crippen LogP contribution < -0.4 is 0 Å². The van der Waals surface area contributed by atoms with Gasteiger partial charge in [-0.1, -0.05) is 133 Å². The zero-order valence-corrected chi connectivity index (χ0v) is 27.2. The molecule has 0 fully saturated rings. The number of rotatable bonds is 3. The topological polar surface area (TPSA) is 22.2 Å². The molecule has 0 saturated carbocycles. The highest BCUT2D eigenvalue weighted by Crippen LogP contribution is 2.42. The third-order valence-electron chi connectivity index (χ3n) is 10.1. The summed E-state index contributed by atoms with van der Waals surface area (Å²) in [5.41, 5.74) is 9.13. The second-order valence-electron chi connectivity index (χ2n) is 12.8. The van der Waals surface area contributed by atoms with Crippen LogP contribution in [0.4, 0.5) is 0 Å². The van der Waals surface area contributed by atoms with Crippen LogP contribution in [0, 0.1) is 0 Å². The maximum Gasteiger partial charge on any atom is 0.195 e. The van der Waals surface area contributed by atoms with Crippen molar-refractivity contribution in [2.75, 3.05) is 0 Å². The Morgan fingerprint density at radius 1 is 0.408 bits per heavy atom. The Balaban J connectivity index is 1.17. The van der Waals surface area contributed by atoms with Gasteiger partial charge in [0.15, 0.2) is 4.96 Å². The highest BCUT2D eigenvalue weighted by Gasteiger charge is 2.21. The van der Waals surface area contributed by atoms with Crippen LogP contribution in [-0.2, 0) is 0 Å². The molecule has 0 bridgehead atoms. The molecule has 0 aliphatic carbocycles. The molecule has 3 nitrogen and oxygen atoms in total. The van der Waals surface area contributed by atoms with Gasteiger partial charge in [0.2, 0.25) is 0 Å². The lowest BCUT2D eigenvalue weighted by molar-refractivity contribution is 1.19. The predicted molar refractivity (Wildman–Crippen MR) is 208 cm³/mol. The van der Waals surface area contributed by atoms with Gasteiger partial charge in [0.25, 0.3) is 0 Å². The minimum Gasteiger partial charge on any atom is -0.309 e. The molecule has 4 heteroatoms. The summed E-state index contributed by atoms with van der Waals surface area (Å²) in [4.78, 5) is 6.32. The molecule has 0 saturated heterocycles. The lowest BCUT2D eigenvalue weighted by Gasteiger charge is -2.14. The van der Waals surface area contributed by atoms with E-state index in [1.54, 1.807) is 11.3 Å². The molecule has 11 aromatic rings. The van der Waals surface area contributed by atoms with E-state index >= 15 is 0 Å². The summed E-state index contributed by atoms with van der Waals surface area (Å²) >= 11 is 1.74. The molecule has 228 valence electrons. The van der Waals surface area contributed by atoms with Crippen molar-refractivity contribution >= 4 is 80.6 Å². The Bertz CT molecular complexity index is 3070. The SMILES string of the molecule is c1ccc(-c2c(-c3ccc4c(c3)c3ccccc3n4-c3ccc4c5ccccc5c5ccccc5c4c3)nc3sc4ccccc4n23)cc1. The van der Waals surface area contributed by atoms with E-state index < -0.39 is 0 Å². The minimum absolute atomic E-state index is 1.01. The highest BCUT2D eigenvalue weighted by molar-refractivity contribution is 7.23. The normalized spacial score (nSPS) is 12.1. The fraction of sp³-hybridized carbons (Fsp3) is 0. The van der Waals surface area contributed by atoms with Crippen LogP contribution in [0.3, 0.4) is 0 Å². The second kappa shape index (κ2) is 10.1. The van der Waals surface area contributed by atoms with Crippen LogP contribution >= 0.6 is 11.3 Å². The van der Waals surface area contributed by atoms with Crippen molar-refractivity contribution < 1.29 is 0 Å². The third-order valence-corrected chi connectivity index (χ3v) is 11.2. The number of para-hydroxylation sites is 2. The molecule has 3 aromatic heterocycles. The molecule has 0 radical (unpaired) electrons. The first kappa shape index (κ1) is 26.8. The lowest BCUT2D eigenvalue weighted by atomic mass is 9.94. The molecular formula is C45H27N3S. The lowest BCUT2D eigenvalue weighted by Crippen LogP contribution is -1.94. The Morgan fingerprint density at radius 3 is 1.76 bits per heavy atom. The van der Waals surface area contributed by atoms with Crippen molar-refractivity contribution in [2.45, 2.75) is 0 Å². The molecule has 0 aliphatic rings. The van der Waals surface area contributed by atoms with Gasteiger partial charge in [-0.15, -0.1) is 0 Å². The van der Waals surface area contributed by atoms with Crippen molar-refractivity contribution in [1.82, 2.24) is 14.0 Å². The zero-order valence-electron chi connectivity index (χ0n) is 26.3. The van der Waals surface area contributed by atoms with Crippen LogP contribution in [0.15, 0.2) is 164 Å². The number of fused-ring (bicyclic) bond motifs is 12. The first-order chi connectivity index (χ1) is 24.3. The predicted octanol–water partition coefficient (Wildman–Crippen LogP) is 12.4. The van der Waals surface area contributed by atoms with Crippen LogP contribution in [0.25, 0.3) is 97.5 Å². The van der Waals surface area contributed by atoms with E-state index in [0.29, 0.717) is 0 Å². The number of thiazole rings is 1. The first-order valence-corrected chi connectivity index (χ1v) is 17.5. The number of benzene rings is 8. The average molecular weight is 642 g/mol. The molecule has 3 heterocycles. The fourth-order valence-corrected chi connectivity index (χ4v) is 9.04. The van der Waals surface area contributed by atoms with Crippen molar-refractivity contribution in [3.63, 3.8) is 0 Å². The Morgan fingerprint density at radius 2 is 1.00 bits per heavy atom. The van der Waals surface area contributed by atoms with E-state index in [0.717, 1.165) is 33.2 Å². The van der Waals surface area contributed by atoms with Crippen molar-refractivity contribution in [2.24, 2.45) is 0 Å². The molecule has 0 amide bonds. The van der Waals surface area contributed by atoms with E-state index in [4.69, 9.17) is 4.98 Å². The molecule has 49 heavy (non-hydrogen) atoms. The average Bonchev–Trinajstić information content (AvgIpc) is 3.83. The Kier molecular flexibility index (Phi) is 5.54. The highest BCUT2D eigenvalue weighted by atomic mass is 32.1. The molecule has 0 unspecified atom stereocenters. The quantitative estimate of drug-likeness (QED) is 0.176. The van der Waals surface area contributed by atoms with Crippen molar-refractivity contribution in [1.29, 1.82) is 0 Å². The van der Waals surface area contributed by atoms with Gasteiger partial charge in [-0.3, -0.25) is 4.40 Å². The Hall–Kier alpha value is -6.23. The van der Waals surface area contributed by atoms with Crippen LogP contribution in [-0.4, -0.2) is 14.0 Å². The van der Waals surface area contributed by atoms with Gasteiger partial charge in [-0.05, 0) is 74.8 Å². The summed E-state index contributed by atoms with van der Waals surface area (Å²) in [6.45, 7) is 0. The Labute approximate surface area is 285 Å². The summed E-state index contributed by atoms with van der Waals surface area (Å²) < 4.78 is 6.00. The van der Waals surface area contributed by atoms with E-state index in [2.05, 4.69) is 173 Å². The monoisotopic (exact) mass is 641 g/mol. The van der Waals surface area contributed by atoms with Crippen LogP contribution in [0.1, 0.15) is 0 Å². The van der Waals surface area contributed by atoms with Crippen LogP contribution in [0.5, 0.6) is 0 Å². The number of aromatic nitrogens is 3. The maximum absolute atomic E-state index is 5.31. The summed E-state index contributed by atoms with van der Waals surface area (Å²) in [6, 6.07) is 59.5. The van der Waals surface area contributed by atoms with Gasteiger partial charge in [0, 0.05) is 27.6 Å². The standard InChI is InChI=1S/C45H27N3S/c1-2-12-28(13-3-1)44-43(46-45-48(44)41-20-10-11-21-42(41)49-45)29-22-25-40-38(26-29)36-18-8-9-19-39(36)47(40)30-23-24-35-33-16-5-4-14-31(33)32-15-6-7-17-34(32)37(35)27-30/h1-27H. The molecular weight excluding hydrogens is 615 g/mol. The number of imidazole rings is 1. The summed E-state index contributed by atoms with van der Waals surface area (Å²) in [5.74, 6) is 0. The summed E-state index contributed by atoms with van der Waals surface area (Å²) in [7, 11) is 0. The zero-order chi connectivity index (χ0) is 32.1. The van der Waals surface area contributed by atoms with E-state index in [9.17, 15) is 0 Å². The van der Waals surface area contributed by atoms with Gasteiger partial charge in [0.05, 0.1) is 32.6 Å². The molecule has 0 atom stereocenters. The number of nitrogens with zero attached hydrogens (tertiary/aromatic N) is 3. The molecule has 0 aliphatic heterocycles. The first-order valence-electron chi connectivity index (χ1n) is 16.6. The van der Waals surface area contributed by atoms with Crippen molar-refractivity contribution in [3.8, 4) is 28.2 Å². The van der Waals surface area contributed by atoms with Gasteiger partial charge in [-0.25, -0.2) is 4.98 Å². The maximum atomic E-state index is 5.31. The molecule has 0 N–H and O–H groups in total. The van der Waals surface area contributed by atoms with E-state index in [1.807, 2.05) is 0 Å². The van der Waals surface area contributed by atoms with Gasteiger partial charge >= 0.3 is 0 Å². The molecule has 11 rings (SSSR count). The summed E-state index contributed by atoms with van der Waals surface area (Å²) in [6.07, 6.45) is 0. The second-order valence-corrected chi connectivity index (χ2v) is 13.8. The summed E-state index contributed by atoms with van der Waals surface area (Å²) in [5, 5.41) is 10.2. The largest absolute Gasteiger partial charge is 0.309 e. The van der Waals surface area contributed by atoms with Gasteiger partial charge in [-0.2, -0.15) is 0 Å². The number of hydrogen-bond acceptors (Lipinski definition) is 2. The smallest absolute Gasteiger partial charge is 0.195 e. The van der Waals surface area contributed by atoms with Crippen molar-refractivity contribution in [3.05, 3.63) is 164 Å². The number of hydrogen-bond donors (Lipinski definition) is 0. The third kappa shape index (κ3) is 3.80. The van der Waals surface area contributed by atoms with Gasteiger partial charge < -0.3 is 4.57 Å². The van der Waals surface area contributed by atoms with Gasteiger partial charge in [0.1, 0.15) is 0 Å². The molecule has 8 aromatic carbocycles. The minimum atomic E-state index is 1.01. The van der Waals surface area contributed by atoms with E-state index in [-0.39, 0.29) is 0 Å². The van der Waals surface area contributed by atoms with Crippen LogP contribution in [0.2, 0.25) is 0 Å². The fourth-order valence-electron chi connectivity index (χ4n) is 8.01. The molecule has 0 spiro atoms. The van der Waals surface area contributed by atoms with E-state index in [1.165, 1.54) is 64.3 Å².